The van der Waals surface area contributed by atoms with Gasteiger partial charge in [-0.05, 0) is 45.4 Å². The fourth-order valence-electron chi connectivity index (χ4n) is 1.72. The Kier molecular flexibility index (Phi) is 6.68. The van der Waals surface area contributed by atoms with Crippen LogP contribution in [-0.2, 0) is 4.79 Å². The Morgan fingerprint density at radius 2 is 1.81 bits per heavy atom. The van der Waals surface area contributed by atoms with Crippen LogP contribution in [0.25, 0.3) is 0 Å². The van der Waals surface area contributed by atoms with Crippen molar-refractivity contribution in [2.75, 3.05) is 18.4 Å². The molecule has 6 nitrogen and oxygen atoms in total. The second kappa shape index (κ2) is 8.26. The van der Waals surface area contributed by atoms with Gasteiger partial charge in [-0.15, -0.1) is 0 Å². The van der Waals surface area contributed by atoms with Crippen molar-refractivity contribution in [1.29, 1.82) is 0 Å². The van der Waals surface area contributed by atoms with Crippen LogP contribution in [0.5, 0.6) is 0 Å². The zero-order chi connectivity index (χ0) is 15.7. The van der Waals surface area contributed by atoms with Crippen LogP contribution in [-0.4, -0.2) is 30.6 Å². The van der Waals surface area contributed by atoms with Gasteiger partial charge in [-0.1, -0.05) is 18.2 Å². The van der Waals surface area contributed by atoms with Gasteiger partial charge in [-0.2, -0.15) is 0 Å². The van der Waals surface area contributed by atoms with E-state index >= 15 is 0 Å². The first kappa shape index (κ1) is 17.0. The predicted molar refractivity (Wildman–Crippen MR) is 84.0 cm³/mol. The molecule has 0 saturated heterocycles. The molecule has 0 aromatic heterocycles. The quantitative estimate of drug-likeness (QED) is 0.573. The predicted octanol–water partition coefficient (Wildman–Crippen LogP) is 1.44. The summed E-state index contributed by atoms with van der Waals surface area (Å²) in [6, 6.07) is 8.65. The van der Waals surface area contributed by atoms with E-state index in [-0.39, 0.29) is 5.91 Å². The zero-order valence-electron chi connectivity index (χ0n) is 12.6. The number of para-hydroxylation sites is 1. The van der Waals surface area contributed by atoms with Crippen molar-refractivity contribution in [2.45, 2.75) is 32.2 Å². The van der Waals surface area contributed by atoms with Crippen molar-refractivity contribution >= 4 is 17.6 Å². The van der Waals surface area contributed by atoms with Crippen LogP contribution >= 0.6 is 0 Å². The van der Waals surface area contributed by atoms with E-state index in [2.05, 4.69) is 16.0 Å². The molecule has 0 heterocycles. The molecule has 0 radical (unpaired) electrons. The molecule has 21 heavy (non-hydrogen) atoms. The fourth-order valence-corrected chi connectivity index (χ4v) is 1.72. The summed E-state index contributed by atoms with van der Waals surface area (Å²) in [5.41, 5.74) is 5.08. The van der Waals surface area contributed by atoms with Crippen molar-refractivity contribution in [1.82, 2.24) is 10.6 Å². The van der Waals surface area contributed by atoms with Gasteiger partial charge < -0.3 is 21.7 Å². The number of carbonyl (C=O) groups is 2. The van der Waals surface area contributed by atoms with Gasteiger partial charge in [0, 0.05) is 12.2 Å². The fraction of sp³-hybridized carbons (Fsp3) is 0.467. The average Bonchev–Trinajstić information content (AvgIpc) is 2.43. The molecule has 5 N–H and O–H groups in total. The van der Waals surface area contributed by atoms with Crippen molar-refractivity contribution < 1.29 is 9.59 Å². The first-order chi connectivity index (χ1) is 9.95. The second-order valence-corrected chi connectivity index (χ2v) is 5.32. The highest BCUT2D eigenvalue weighted by atomic mass is 16.2. The summed E-state index contributed by atoms with van der Waals surface area (Å²) in [6.45, 7) is 4.49. The van der Waals surface area contributed by atoms with Crippen LogP contribution in [0.2, 0.25) is 0 Å². The van der Waals surface area contributed by atoms with Gasteiger partial charge >= 0.3 is 6.03 Å². The summed E-state index contributed by atoms with van der Waals surface area (Å²) < 4.78 is 0. The lowest BCUT2D eigenvalue weighted by Crippen LogP contribution is -2.55. The van der Waals surface area contributed by atoms with Gasteiger partial charge in [0.25, 0.3) is 0 Å². The largest absolute Gasteiger partial charge is 0.354 e. The number of benzene rings is 1. The number of amides is 3. The van der Waals surface area contributed by atoms with Gasteiger partial charge in [0.15, 0.2) is 0 Å². The molecule has 0 aliphatic carbocycles. The number of hydrogen-bond donors (Lipinski definition) is 4. The van der Waals surface area contributed by atoms with Crippen molar-refractivity contribution in [3.63, 3.8) is 0 Å². The van der Waals surface area contributed by atoms with E-state index in [1.54, 1.807) is 26.0 Å². The third-order valence-electron chi connectivity index (χ3n) is 2.94. The number of nitrogens with two attached hydrogens (primary N) is 1. The van der Waals surface area contributed by atoms with E-state index in [0.29, 0.717) is 18.8 Å². The van der Waals surface area contributed by atoms with Gasteiger partial charge in [0.1, 0.15) is 5.54 Å². The number of urea groups is 1. The van der Waals surface area contributed by atoms with E-state index < -0.39 is 11.6 Å². The molecule has 0 atom stereocenters. The summed E-state index contributed by atoms with van der Waals surface area (Å²) in [4.78, 5) is 23.9. The molecule has 0 fully saturated rings. The first-order valence-electron chi connectivity index (χ1n) is 7.08. The number of anilines is 1. The van der Waals surface area contributed by atoms with E-state index in [1.807, 2.05) is 18.2 Å². The lowest BCUT2D eigenvalue weighted by molar-refractivity contribution is -0.126. The summed E-state index contributed by atoms with van der Waals surface area (Å²) in [6.07, 6.45) is 1.69. The third-order valence-corrected chi connectivity index (χ3v) is 2.94. The molecule has 6 heteroatoms. The topological polar surface area (TPSA) is 96.2 Å². The third kappa shape index (κ3) is 6.27. The standard InChI is InChI=1S/C15H24N4O2/c1-15(2,13(20)17-11-7-6-10-16)19-14(21)18-12-8-4-3-5-9-12/h3-5,8-9H,6-7,10-11,16H2,1-2H3,(H,17,20)(H2,18,19,21). The zero-order valence-corrected chi connectivity index (χ0v) is 12.6. The molecule has 3 amide bonds. The van der Waals surface area contributed by atoms with E-state index in [4.69, 9.17) is 5.73 Å². The van der Waals surface area contributed by atoms with Gasteiger partial charge in [0.05, 0.1) is 0 Å². The molecule has 0 bridgehead atoms. The Labute approximate surface area is 125 Å². The highest BCUT2D eigenvalue weighted by molar-refractivity contribution is 5.95. The highest BCUT2D eigenvalue weighted by Crippen LogP contribution is 2.07. The maximum atomic E-state index is 12.0. The van der Waals surface area contributed by atoms with Crippen LogP contribution in [0, 0.1) is 0 Å². The average molecular weight is 292 g/mol. The lowest BCUT2D eigenvalue weighted by Gasteiger charge is -2.25. The molecule has 0 aliphatic heterocycles. The minimum Gasteiger partial charge on any atom is -0.354 e. The molecule has 1 aromatic carbocycles. The number of carbonyl (C=O) groups excluding carboxylic acids is 2. The van der Waals surface area contributed by atoms with Gasteiger partial charge in [-0.25, -0.2) is 4.79 Å². The van der Waals surface area contributed by atoms with Crippen molar-refractivity contribution in [3.8, 4) is 0 Å². The summed E-state index contributed by atoms with van der Waals surface area (Å²) in [5.74, 6) is -0.220. The maximum Gasteiger partial charge on any atom is 0.320 e. The summed E-state index contributed by atoms with van der Waals surface area (Å²) in [5, 5.41) is 8.13. The first-order valence-corrected chi connectivity index (χ1v) is 7.08. The van der Waals surface area contributed by atoms with E-state index in [9.17, 15) is 9.59 Å². The smallest absolute Gasteiger partial charge is 0.320 e. The number of unbranched alkanes of at least 4 members (excludes halogenated alkanes) is 1. The molecule has 0 saturated carbocycles. The minimum atomic E-state index is -0.985. The molecular weight excluding hydrogens is 268 g/mol. The summed E-state index contributed by atoms with van der Waals surface area (Å²) in [7, 11) is 0. The Balaban J connectivity index is 2.43. The van der Waals surface area contributed by atoms with Crippen LogP contribution in [0.4, 0.5) is 10.5 Å². The lowest BCUT2D eigenvalue weighted by atomic mass is 10.0. The molecule has 0 aliphatic rings. The Bertz CT molecular complexity index is 460. The van der Waals surface area contributed by atoms with Crippen LogP contribution < -0.4 is 21.7 Å². The second-order valence-electron chi connectivity index (χ2n) is 5.32. The Morgan fingerprint density at radius 3 is 2.43 bits per heavy atom. The molecule has 0 unspecified atom stereocenters. The van der Waals surface area contributed by atoms with Crippen molar-refractivity contribution in [2.24, 2.45) is 5.73 Å². The van der Waals surface area contributed by atoms with Crippen LogP contribution in [0.15, 0.2) is 30.3 Å². The number of nitrogens with one attached hydrogen (secondary N) is 3. The van der Waals surface area contributed by atoms with Crippen molar-refractivity contribution in [3.05, 3.63) is 30.3 Å². The summed E-state index contributed by atoms with van der Waals surface area (Å²) >= 11 is 0. The normalized spacial score (nSPS) is 10.8. The molecular formula is C15H24N4O2. The minimum absolute atomic E-state index is 0.220. The molecule has 0 spiro atoms. The molecule has 1 rings (SSSR count). The monoisotopic (exact) mass is 292 g/mol. The van der Waals surface area contributed by atoms with Gasteiger partial charge in [0.2, 0.25) is 5.91 Å². The number of rotatable bonds is 7. The van der Waals surface area contributed by atoms with Crippen LogP contribution in [0.1, 0.15) is 26.7 Å². The van der Waals surface area contributed by atoms with Gasteiger partial charge in [-0.3, -0.25) is 4.79 Å². The highest BCUT2D eigenvalue weighted by Gasteiger charge is 2.29. The SMILES string of the molecule is CC(C)(NC(=O)Nc1ccccc1)C(=O)NCCCCN. The Morgan fingerprint density at radius 1 is 1.14 bits per heavy atom. The molecule has 1 aromatic rings. The van der Waals surface area contributed by atoms with Crippen LogP contribution in [0.3, 0.4) is 0 Å². The van der Waals surface area contributed by atoms with E-state index in [1.165, 1.54) is 0 Å². The van der Waals surface area contributed by atoms with E-state index in [0.717, 1.165) is 12.8 Å². The number of hydrogen-bond acceptors (Lipinski definition) is 3. The maximum absolute atomic E-state index is 12.0. The molecule has 116 valence electrons. The Hall–Kier alpha value is -2.08.